The Labute approximate surface area is 135 Å². The fraction of sp³-hybridized carbons (Fsp3) is 0.438. The van der Waals surface area contributed by atoms with E-state index in [4.69, 9.17) is 16.3 Å². The van der Waals surface area contributed by atoms with Crippen LogP contribution in [0.3, 0.4) is 0 Å². The number of rotatable bonds is 7. The molecule has 2 aromatic rings. The Morgan fingerprint density at radius 2 is 2.14 bits per heavy atom. The Kier molecular flexibility index (Phi) is 6.18. The van der Waals surface area contributed by atoms with Crippen LogP contribution in [0.15, 0.2) is 29.6 Å². The van der Waals surface area contributed by atoms with E-state index < -0.39 is 0 Å². The van der Waals surface area contributed by atoms with E-state index in [9.17, 15) is 0 Å². The summed E-state index contributed by atoms with van der Waals surface area (Å²) in [5, 5.41) is 3.06. The van der Waals surface area contributed by atoms with Crippen molar-refractivity contribution in [3.8, 4) is 10.6 Å². The summed E-state index contributed by atoms with van der Waals surface area (Å²) in [5.41, 5.74) is 3.40. The lowest BCUT2D eigenvalue weighted by atomic mass is 10.1. The normalized spacial score (nSPS) is 12.8. The van der Waals surface area contributed by atoms with Gasteiger partial charge in [-0.3, -0.25) is 4.90 Å². The van der Waals surface area contributed by atoms with Gasteiger partial charge < -0.3 is 4.74 Å². The molecule has 0 saturated heterocycles. The van der Waals surface area contributed by atoms with Crippen molar-refractivity contribution in [1.82, 2.24) is 9.88 Å². The number of likely N-dealkylation sites (N-methyl/N-ethyl adjacent to an activating group) is 1. The van der Waals surface area contributed by atoms with Gasteiger partial charge in [0.05, 0.1) is 18.2 Å². The molecular formula is C16H21ClN2OS. The molecule has 0 aliphatic heterocycles. The van der Waals surface area contributed by atoms with E-state index in [1.807, 2.05) is 5.38 Å². The summed E-state index contributed by atoms with van der Waals surface area (Å²) in [4.78, 5) is 6.88. The van der Waals surface area contributed by atoms with Crippen LogP contribution in [0.5, 0.6) is 0 Å². The minimum atomic E-state index is 0.373. The van der Waals surface area contributed by atoms with Gasteiger partial charge in [-0.2, -0.15) is 0 Å². The highest BCUT2D eigenvalue weighted by atomic mass is 35.5. The third kappa shape index (κ3) is 4.27. The van der Waals surface area contributed by atoms with Gasteiger partial charge >= 0.3 is 0 Å². The van der Waals surface area contributed by atoms with Crippen LogP contribution in [-0.4, -0.2) is 36.7 Å². The highest BCUT2D eigenvalue weighted by Crippen LogP contribution is 2.28. The van der Waals surface area contributed by atoms with Crippen LogP contribution in [-0.2, 0) is 17.2 Å². The van der Waals surface area contributed by atoms with Crippen molar-refractivity contribution in [2.75, 3.05) is 20.8 Å². The van der Waals surface area contributed by atoms with Gasteiger partial charge in [-0.1, -0.05) is 24.3 Å². The van der Waals surface area contributed by atoms with Gasteiger partial charge in [-0.15, -0.1) is 22.9 Å². The lowest BCUT2D eigenvalue weighted by Crippen LogP contribution is -2.32. The van der Waals surface area contributed by atoms with Crippen LogP contribution in [0, 0.1) is 0 Å². The highest BCUT2D eigenvalue weighted by molar-refractivity contribution is 7.13. The molecule has 114 valence electrons. The van der Waals surface area contributed by atoms with Crippen molar-refractivity contribution >= 4 is 22.9 Å². The molecule has 0 spiro atoms. The molecule has 0 aliphatic rings. The second kappa shape index (κ2) is 7.90. The van der Waals surface area contributed by atoms with Crippen LogP contribution < -0.4 is 0 Å². The number of hydrogen-bond donors (Lipinski definition) is 0. The first-order chi connectivity index (χ1) is 10.2. The Hall–Kier alpha value is -0.940. The summed E-state index contributed by atoms with van der Waals surface area (Å²) in [6.07, 6.45) is 0. The maximum atomic E-state index is 5.85. The van der Waals surface area contributed by atoms with Crippen molar-refractivity contribution in [3.63, 3.8) is 0 Å². The summed E-state index contributed by atoms with van der Waals surface area (Å²) >= 11 is 7.50. The minimum absolute atomic E-state index is 0.373. The van der Waals surface area contributed by atoms with E-state index in [-0.39, 0.29) is 0 Å². The molecule has 0 radical (unpaired) electrons. The highest BCUT2D eigenvalue weighted by Gasteiger charge is 2.14. The van der Waals surface area contributed by atoms with E-state index in [0.29, 0.717) is 11.9 Å². The topological polar surface area (TPSA) is 25.4 Å². The summed E-state index contributed by atoms with van der Waals surface area (Å²) in [6, 6.07) is 8.79. The first-order valence-corrected chi connectivity index (χ1v) is 8.35. The molecule has 2 rings (SSSR count). The number of methoxy groups -OCH3 is 1. The van der Waals surface area contributed by atoms with Gasteiger partial charge in [-0.25, -0.2) is 4.98 Å². The molecule has 0 bridgehead atoms. The van der Waals surface area contributed by atoms with Gasteiger partial charge in [-0.05, 0) is 19.5 Å². The molecule has 5 heteroatoms. The minimum Gasteiger partial charge on any atom is -0.383 e. The fourth-order valence-electron chi connectivity index (χ4n) is 2.15. The molecule has 3 nitrogen and oxygen atoms in total. The zero-order chi connectivity index (χ0) is 15.2. The number of benzene rings is 1. The number of thiazole rings is 1. The van der Waals surface area contributed by atoms with E-state index in [2.05, 4.69) is 48.1 Å². The number of ether oxygens (including phenoxy) is 1. The Morgan fingerprint density at radius 1 is 1.38 bits per heavy atom. The molecule has 0 amide bonds. The van der Waals surface area contributed by atoms with Gasteiger partial charge in [0.1, 0.15) is 5.01 Å². The maximum Gasteiger partial charge on any atom is 0.123 e. The molecule has 0 N–H and O–H groups in total. The number of alkyl halides is 1. The smallest absolute Gasteiger partial charge is 0.123 e. The van der Waals surface area contributed by atoms with E-state index in [1.54, 1.807) is 18.4 Å². The molecule has 1 atom stereocenters. The van der Waals surface area contributed by atoms with Crippen LogP contribution >= 0.6 is 22.9 Å². The van der Waals surface area contributed by atoms with Crippen molar-refractivity contribution < 1.29 is 4.74 Å². The Bertz CT molecular complexity index is 573. The Balaban J connectivity index is 2.20. The first kappa shape index (κ1) is 16.4. The van der Waals surface area contributed by atoms with Crippen molar-refractivity contribution in [1.29, 1.82) is 0 Å². The third-order valence-electron chi connectivity index (χ3n) is 3.52. The number of halogens is 1. The summed E-state index contributed by atoms with van der Waals surface area (Å²) in [5.74, 6) is 0.462. The largest absolute Gasteiger partial charge is 0.383 e. The predicted octanol–water partition coefficient (Wildman–Crippen LogP) is 4.02. The first-order valence-electron chi connectivity index (χ1n) is 6.93. The SMILES string of the molecule is COCC(C)N(C)Cc1ccccc1-c1nc(CCl)cs1. The van der Waals surface area contributed by atoms with Crippen LogP contribution in [0.2, 0.25) is 0 Å². The molecule has 21 heavy (non-hydrogen) atoms. The average molecular weight is 325 g/mol. The van der Waals surface area contributed by atoms with Crippen molar-refractivity contribution in [2.45, 2.75) is 25.4 Å². The van der Waals surface area contributed by atoms with Crippen molar-refractivity contribution in [2.24, 2.45) is 0 Å². The molecule has 1 heterocycles. The average Bonchev–Trinajstić information content (AvgIpc) is 2.97. The van der Waals surface area contributed by atoms with Gasteiger partial charge in [0.25, 0.3) is 0 Å². The predicted molar refractivity (Wildman–Crippen MR) is 89.9 cm³/mol. The van der Waals surface area contributed by atoms with Crippen LogP contribution in [0.25, 0.3) is 10.6 Å². The maximum absolute atomic E-state index is 5.85. The quantitative estimate of drug-likeness (QED) is 0.719. The molecular weight excluding hydrogens is 304 g/mol. The van der Waals surface area contributed by atoms with Crippen molar-refractivity contribution in [3.05, 3.63) is 40.9 Å². The summed E-state index contributed by atoms with van der Waals surface area (Å²) in [7, 11) is 3.86. The second-order valence-electron chi connectivity index (χ2n) is 5.15. The molecule has 1 unspecified atom stereocenters. The van der Waals surface area contributed by atoms with E-state index in [0.717, 1.165) is 23.9 Å². The summed E-state index contributed by atoms with van der Waals surface area (Å²) < 4.78 is 5.23. The molecule has 1 aromatic carbocycles. The standard InChI is InChI=1S/C16H21ClN2OS/c1-12(10-20-3)19(2)9-13-6-4-5-7-15(13)16-18-14(8-17)11-21-16/h4-7,11-12H,8-10H2,1-3H3. The molecule has 0 saturated carbocycles. The van der Waals surface area contributed by atoms with E-state index >= 15 is 0 Å². The second-order valence-corrected chi connectivity index (χ2v) is 6.28. The van der Waals surface area contributed by atoms with Gasteiger partial charge in [0, 0.05) is 30.6 Å². The lowest BCUT2D eigenvalue weighted by Gasteiger charge is -2.24. The van der Waals surface area contributed by atoms with Crippen LogP contribution in [0.1, 0.15) is 18.2 Å². The molecule has 0 aliphatic carbocycles. The monoisotopic (exact) mass is 324 g/mol. The lowest BCUT2D eigenvalue weighted by molar-refractivity contribution is 0.112. The zero-order valence-corrected chi connectivity index (χ0v) is 14.2. The molecule has 0 fully saturated rings. The van der Waals surface area contributed by atoms with E-state index in [1.165, 1.54) is 11.1 Å². The molecule has 1 aromatic heterocycles. The fourth-order valence-corrected chi connectivity index (χ4v) is 3.26. The Morgan fingerprint density at radius 3 is 2.81 bits per heavy atom. The van der Waals surface area contributed by atoms with Gasteiger partial charge in [0.15, 0.2) is 0 Å². The number of hydrogen-bond acceptors (Lipinski definition) is 4. The van der Waals surface area contributed by atoms with Crippen LogP contribution in [0.4, 0.5) is 0 Å². The van der Waals surface area contributed by atoms with Gasteiger partial charge in [0.2, 0.25) is 0 Å². The number of nitrogens with zero attached hydrogens (tertiary/aromatic N) is 2. The third-order valence-corrected chi connectivity index (χ3v) is 4.71. The number of aromatic nitrogens is 1. The summed E-state index contributed by atoms with van der Waals surface area (Å²) in [6.45, 7) is 3.77. The zero-order valence-electron chi connectivity index (χ0n) is 12.7.